The minimum atomic E-state index is -0.246. The number of anilines is 2. The fourth-order valence-electron chi connectivity index (χ4n) is 2.53. The van der Waals surface area contributed by atoms with Gasteiger partial charge in [-0.3, -0.25) is 0 Å². The Morgan fingerprint density at radius 1 is 1.17 bits per heavy atom. The Balaban J connectivity index is 1.83. The van der Waals surface area contributed by atoms with Crippen molar-refractivity contribution in [3.8, 4) is 5.75 Å². The number of nitrogens with zero attached hydrogens (tertiary/aromatic N) is 4. The molecule has 2 aromatic rings. The number of rotatable bonds is 5. The van der Waals surface area contributed by atoms with Gasteiger partial charge in [0.25, 0.3) is 0 Å². The zero-order chi connectivity index (χ0) is 16.1. The van der Waals surface area contributed by atoms with Gasteiger partial charge in [0, 0.05) is 26.2 Å². The molecule has 0 radical (unpaired) electrons. The van der Waals surface area contributed by atoms with Gasteiger partial charge < -0.3 is 20.7 Å². The molecule has 1 fully saturated rings. The van der Waals surface area contributed by atoms with Gasteiger partial charge >= 0.3 is 0 Å². The number of nitrogen functional groups attached to an aromatic ring is 1. The fraction of sp³-hybridized carbons (Fsp3) is 0.438. The molecule has 0 bridgehead atoms. The van der Waals surface area contributed by atoms with E-state index in [9.17, 15) is 0 Å². The number of benzene rings is 1. The van der Waals surface area contributed by atoms with Crippen LogP contribution in [0.5, 0.6) is 5.75 Å². The molecule has 1 aromatic carbocycles. The first-order valence-corrected chi connectivity index (χ1v) is 7.95. The molecule has 3 rings (SSSR count). The molecular weight excluding hydrogens is 292 g/mol. The van der Waals surface area contributed by atoms with E-state index in [1.165, 1.54) is 0 Å². The molecule has 0 amide bonds. The van der Waals surface area contributed by atoms with Crippen molar-refractivity contribution < 1.29 is 4.74 Å². The average molecular weight is 314 g/mol. The lowest BCUT2D eigenvalue weighted by Crippen LogP contribution is -2.44. The molecular formula is C16H22N6O. The normalized spacial score (nSPS) is 16.1. The molecule has 7 nitrogen and oxygen atoms in total. The van der Waals surface area contributed by atoms with Crippen molar-refractivity contribution in [2.24, 2.45) is 0 Å². The minimum absolute atomic E-state index is 0.235. The Kier molecular flexibility index (Phi) is 4.87. The van der Waals surface area contributed by atoms with Crippen molar-refractivity contribution in [2.45, 2.75) is 19.4 Å². The number of nitrogens with one attached hydrogen (secondary N) is 1. The molecule has 3 N–H and O–H groups in total. The Morgan fingerprint density at radius 2 is 1.91 bits per heavy atom. The van der Waals surface area contributed by atoms with Crippen LogP contribution in [0.1, 0.15) is 25.3 Å². The largest absolute Gasteiger partial charge is 0.482 e. The fourth-order valence-corrected chi connectivity index (χ4v) is 2.53. The maximum absolute atomic E-state index is 6.01. The standard InChI is InChI=1S/C16H22N6O/c1-2-13(23-12-6-4-3-5-7-12)14-19-15(17)21-16(20-14)22-10-8-18-9-11-22/h3-7,13,18H,2,8-11H2,1H3,(H2,17,19,20,21). The maximum atomic E-state index is 6.01. The van der Waals surface area contributed by atoms with E-state index in [0.717, 1.165) is 38.3 Å². The Labute approximate surface area is 135 Å². The first-order valence-electron chi connectivity index (χ1n) is 7.95. The second-order valence-electron chi connectivity index (χ2n) is 5.42. The third kappa shape index (κ3) is 3.87. The zero-order valence-corrected chi connectivity index (χ0v) is 13.3. The smallest absolute Gasteiger partial charge is 0.230 e. The molecule has 0 spiro atoms. The first kappa shape index (κ1) is 15.5. The highest BCUT2D eigenvalue weighted by atomic mass is 16.5. The zero-order valence-electron chi connectivity index (χ0n) is 13.3. The molecule has 1 unspecified atom stereocenters. The van der Waals surface area contributed by atoms with Crippen molar-refractivity contribution in [2.75, 3.05) is 36.8 Å². The molecule has 0 saturated carbocycles. The second-order valence-corrected chi connectivity index (χ2v) is 5.42. The van der Waals surface area contributed by atoms with Crippen LogP contribution in [0.15, 0.2) is 30.3 Å². The first-order chi connectivity index (χ1) is 11.3. The van der Waals surface area contributed by atoms with E-state index in [1.807, 2.05) is 37.3 Å². The lowest BCUT2D eigenvalue weighted by molar-refractivity contribution is 0.191. The quantitative estimate of drug-likeness (QED) is 0.862. The van der Waals surface area contributed by atoms with E-state index in [2.05, 4.69) is 25.2 Å². The van der Waals surface area contributed by atoms with Crippen LogP contribution in [0.3, 0.4) is 0 Å². The van der Waals surface area contributed by atoms with Crippen molar-refractivity contribution >= 4 is 11.9 Å². The monoisotopic (exact) mass is 314 g/mol. The molecule has 0 aliphatic carbocycles. The molecule has 1 atom stereocenters. The van der Waals surface area contributed by atoms with Gasteiger partial charge in [0.15, 0.2) is 11.9 Å². The molecule has 23 heavy (non-hydrogen) atoms. The summed E-state index contributed by atoms with van der Waals surface area (Å²) in [5.41, 5.74) is 5.89. The summed E-state index contributed by atoms with van der Waals surface area (Å²) < 4.78 is 6.01. The number of piperazine rings is 1. The van der Waals surface area contributed by atoms with E-state index in [0.29, 0.717) is 11.8 Å². The Bertz CT molecular complexity index is 630. The SMILES string of the molecule is CCC(Oc1ccccc1)c1nc(N)nc(N2CCNCC2)n1. The number of nitrogens with two attached hydrogens (primary N) is 1. The van der Waals surface area contributed by atoms with Crippen LogP contribution in [0.4, 0.5) is 11.9 Å². The van der Waals surface area contributed by atoms with Gasteiger partial charge in [-0.1, -0.05) is 25.1 Å². The molecule has 2 heterocycles. The van der Waals surface area contributed by atoms with Gasteiger partial charge in [-0.15, -0.1) is 0 Å². The summed E-state index contributed by atoms with van der Waals surface area (Å²) >= 11 is 0. The van der Waals surface area contributed by atoms with E-state index < -0.39 is 0 Å². The number of para-hydroxylation sites is 1. The molecule has 1 aliphatic rings. The number of aromatic nitrogens is 3. The highest BCUT2D eigenvalue weighted by Gasteiger charge is 2.20. The predicted molar refractivity (Wildman–Crippen MR) is 89.4 cm³/mol. The van der Waals surface area contributed by atoms with Crippen LogP contribution >= 0.6 is 0 Å². The number of hydrogen-bond acceptors (Lipinski definition) is 7. The lowest BCUT2D eigenvalue weighted by Gasteiger charge is -2.28. The predicted octanol–water partition coefficient (Wildman–Crippen LogP) is 1.39. The van der Waals surface area contributed by atoms with Gasteiger partial charge in [0.05, 0.1) is 0 Å². The molecule has 1 aliphatic heterocycles. The van der Waals surface area contributed by atoms with E-state index >= 15 is 0 Å². The van der Waals surface area contributed by atoms with Crippen molar-refractivity contribution in [3.63, 3.8) is 0 Å². The number of ether oxygens (including phenoxy) is 1. The van der Waals surface area contributed by atoms with Crippen LogP contribution < -0.4 is 20.7 Å². The van der Waals surface area contributed by atoms with Crippen molar-refractivity contribution in [3.05, 3.63) is 36.2 Å². The average Bonchev–Trinajstić information content (AvgIpc) is 2.61. The second kappa shape index (κ2) is 7.23. The molecule has 7 heteroatoms. The highest BCUT2D eigenvalue weighted by molar-refractivity contribution is 5.36. The lowest BCUT2D eigenvalue weighted by atomic mass is 10.2. The summed E-state index contributed by atoms with van der Waals surface area (Å²) in [5.74, 6) is 2.24. The number of hydrogen-bond donors (Lipinski definition) is 2. The summed E-state index contributed by atoms with van der Waals surface area (Å²) in [4.78, 5) is 15.3. The van der Waals surface area contributed by atoms with Crippen molar-refractivity contribution in [1.29, 1.82) is 0 Å². The molecule has 122 valence electrons. The third-order valence-electron chi connectivity index (χ3n) is 3.74. The minimum Gasteiger partial charge on any atom is -0.482 e. The van der Waals surface area contributed by atoms with Crippen LogP contribution in [-0.4, -0.2) is 41.1 Å². The molecule has 1 saturated heterocycles. The maximum Gasteiger partial charge on any atom is 0.230 e. The van der Waals surface area contributed by atoms with E-state index in [-0.39, 0.29) is 12.1 Å². The van der Waals surface area contributed by atoms with Gasteiger partial charge in [-0.05, 0) is 18.6 Å². The van der Waals surface area contributed by atoms with Crippen LogP contribution in [0.25, 0.3) is 0 Å². The van der Waals surface area contributed by atoms with E-state index in [1.54, 1.807) is 0 Å². The van der Waals surface area contributed by atoms with Crippen LogP contribution in [-0.2, 0) is 0 Å². The van der Waals surface area contributed by atoms with E-state index in [4.69, 9.17) is 10.5 Å². The molecule has 1 aromatic heterocycles. The highest BCUT2D eigenvalue weighted by Crippen LogP contribution is 2.23. The summed E-state index contributed by atoms with van der Waals surface area (Å²) in [5, 5.41) is 3.31. The van der Waals surface area contributed by atoms with Gasteiger partial charge in [-0.25, -0.2) is 0 Å². The van der Waals surface area contributed by atoms with Gasteiger partial charge in [-0.2, -0.15) is 15.0 Å². The topological polar surface area (TPSA) is 89.2 Å². The van der Waals surface area contributed by atoms with Crippen LogP contribution in [0.2, 0.25) is 0 Å². The van der Waals surface area contributed by atoms with Gasteiger partial charge in [0.2, 0.25) is 11.9 Å². The van der Waals surface area contributed by atoms with Crippen molar-refractivity contribution in [1.82, 2.24) is 20.3 Å². The third-order valence-corrected chi connectivity index (χ3v) is 3.74. The summed E-state index contributed by atoms with van der Waals surface area (Å²) in [6, 6.07) is 9.68. The Hall–Kier alpha value is -2.41. The van der Waals surface area contributed by atoms with Gasteiger partial charge in [0.1, 0.15) is 5.75 Å². The Morgan fingerprint density at radius 3 is 2.61 bits per heavy atom. The summed E-state index contributed by atoms with van der Waals surface area (Å²) in [6.07, 6.45) is 0.503. The summed E-state index contributed by atoms with van der Waals surface area (Å²) in [7, 11) is 0. The van der Waals surface area contributed by atoms with Crippen LogP contribution in [0, 0.1) is 0 Å². The summed E-state index contributed by atoms with van der Waals surface area (Å²) in [6.45, 7) is 5.59.